The van der Waals surface area contributed by atoms with Gasteiger partial charge in [0.05, 0.1) is 28.7 Å². The Morgan fingerprint density at radius 1 is 1.11 bits per heavy atom. The standard InChI is InChI=1S/C25H37FN3O6P/c1-9-12-32-20-11-10-19(26)21-22(20)29(15-18(23(21)30)17-13-27-28(8)14-17)16-33-36(31,34-24(2,3)4)35-25(5,6)7/h10-11,14-15,27H,9,12-13,16H2,1-8H3. The fourth-order valence-corrected chi connectivity index (χ4v) is 5.45. The predicted molar refractivity (Wildman–Crippen MR) is 138 cm³/mol. The van der Waals surface area contributed by atoms with Crippen LogP contribution in [0, 0.1) is 5.82 Å². The van der Waals surface area contributed by atoms with Gasteiger partial charge < -0.3 is 14.3 Å². The molecule has 0 atom stereocenters. The molecule has 0 radical (unpaired) electrons. The molecule has 0 amide bonds. The molecule has 0 saturated heterocycles. The predicted octanol–water partition coefficient (Wildman–Crippen LogP) is 5.43. The monoisotopic (exact) mass is 525 g/mol. The molecule has 1 N–H and O–H groups in total. The zero-order chi connectivity index (χ0) is 26.9. The number of pyridine rings is 1. The fraction of sp³-hybridized carbons (Fsp3) is 0.560. The van der Waals surface area contributed by atoms with Crippen LogP contribution in [0.25, 0.3) is 16.5 Å². The van der Waals surface area contributed by atoms with Crippen LogP contribution < -0.4 is 15.6 Å². The second kappa shape index (κ2) is 10.6. The Hall–Kier alpha value is -2.23. The van der Waals surface area contributed by atoms with E-state index in [1.165, 1.54) is 16.7 Å². The highest BCUT2D eigenvalue weighted by molar-refractivity contribution is 7.48. The lowest BCUT2D eigenvalue weighted by molar-refractivity contribution is -0.00574. The third-order valence-corrected chi connectivity index (χ3v) is 6.91. The highest BCUT2D eigenvalue weighted by atomic mass is 31.2. The van der Waals surface area contributed by atoms with Gasteiger partial charge in [0.1, 0.15) is 18.3 Å². The van der Waals surface area contributed by atoms with E-state index in [0.717, 1.165) is 6.42 Å². The highest BCUT2D eigenvalue weighted by Crippen LogP contribution is 2.55. The van der Waals surface area contributed by atoms with Gasteiger partial charge in [0.2, 0.25) is 0 Å². The molecule has 200 valence electrons. The van der Waals surface area contributed by atoms with Crippen molar-refractivity contribution in [2.45, 2.75) is 72.8 Å². The lowest BCUT2D eigenvalue weighted by Crippen LogP contribution is -2.25. The summed E-state index contributed by atoms with van der Waals surface area (Å²) in [7, 11) is -2.28. The van der Waals surface area contributed by atoms with E-state index in [1.807, 2.05) is 6.92 Å². The van der Waals surface area contributed by atoms with Gasteiger partial charge in [-0.15, -0.1) is 0 Å². The molecule has 3 rings (SSSR count). The number of rotatable bonds is 9. The van der Waals surface area contributed by atoms with Crippen molar-refractivity contribution < 1.29 is 27.3 Å². The van der Waals surface area contributed by atoms with Crippen LogP contribution in [0.3, 0.4) is 0 Å². The maximum Gasteiger partial charge on any atom is 0.477 e. The minimum absolute atomic E-state index is 0.136. The lowest BCUT2D eigenvalue weighted by Gasteiger charge is -2.31. The molecule has 0 unspecified atom stereocenters. The third-order valence-electron chi connectivity index (χ3n) is 4.94. The molecule has 1 aliphatic heterocycles. The number of phosphoric ester groups is 1. The van der Waals surface area contributed by atoms with Crippen LogP contribution >= 0.6 is 7.82 Å². The molecule has 2 aromatic rings. The van der Waals surface area contributed by atoms with Gasteiger partial charge in [-0.05, 0) is 65.7 Å². The van der Waals surface area contributed by atoms with E-state index in [1.54, 1.807) is 66.0 Å². The zero-order valence-corrected chi connectivity index (χ0v) is 23.2. The van der Waals surface area contributed by atoms with Crippen molar-refractivity contribution in [1.82, 2.24) is 15.0 Å². The number of fused-ring (bicyclic) bond motifs is 1. The Morgan fingerprint density at radius 3 is 2.28 bits per heavy atom. The lowest BCUT2D eigenvalue weighted by atomic mass is 10.0. The number of phosphoric acid groups is 1. The Bertz CT molecular complexity index is 1230. The third kappa shape index (κ3) is 6.95. The van der Waals surface area contributed by atoms with E-state index in [9.17, 15) is 9.36 Å². The maximum absolute atomic E-state index is 15.1. The number of hydrazine groups is 1. The van der Waals surface area contributed by atoms with Crippen LogP contribution in [-0.2, 0) is 24.9 Å². The van der Waals surface area contributed by atoms with Crippen molar-refractivity contribution in [1.29, 1.82) is 0 Å². The highest BCUT2D eigenvalue weighted by Gasteiger charge is 2.37. The van der Waals surface area contributed by atoms with Gasteiger partial charge >= 0.3 is 7.82 Å². The smallest absolute Gasteiger partial charge is 0.477 e. The summed E-state index contributed by atoms with van der Waals surface area (Å²) in [6, 6.07) is 2.69. The van der Waals surface area contributed by atoms with Gasteiger partial charge in [-0.2, -0.15) is 0 Å². The first kappa shape index (κ1) is 28.3. The summed E-state index contributed by atoms with van der Waals surface area (Å²) in [6.07, 6.45) is 4.05. The number of ether oxygens (including phenoxy) is 1. The first-order valence-corrected chi connectivity index (χ1v) is 13.4. The second-order valence-electron chi connectivity index (χ2n) is 10.7. The van der Waals surface area contributed by atoms with E-state index in [2.05, 4.69) is 5.43 Å². The average molecular weight is 526 g/mol. The molecular weight excluding hydrogens is 488 g/mol. The Kier molecular flexibility index (Phi) is 8.37. The zero-order valence-electron chi connectivity index (χ0n) is 22.3. The van der Waals surface area contributed by atoms with E-state index in [4.69, 9.17) is 18.3 Å². The first-order chi connectivity index (χ1) is 16.6. The van der Waals surface area contributed by atoms with Crippen LogP contribution in [0.4, 0.5) is 4.39 Å². The molecule has 0 spiro atoms. The summed E-state index contributed by atoms with van der Waals surface area (Å²) < 4.78 is 53.4. The molecule has 36 heavy (non-hydrogen) atoms. The van der Waals surface area contributed by atoms with Crippen molar-refractivity contribution in [2.75, 3.05) is 20.2 Å². The van der Waals surface area contributed by atoms with Gasteiger partial charge in [0.25, 0.3) is 0 Å². The molecule has 9 nitrogen and oxygen atoms in total. The molecule has 0 bridgehead atoms. The summed E-state index contributed by atoms with van der Waals surface area (Å²) in [4.78, 5) is 13.5. The van der Waals surface area contributed by atoms with Crippen LogP contribution in [0.1, 0.15) is 60.5 Å². The van der Waals surface area contributed by atoms with Gasteiger partial charge in [-0.3, -0.25) is 18.4 Å². The van der Waals surface area contributed by atoms with Crippen molar-refractivity contribution in [2.24, 2.45) is 0 Å². The summed E-state index contributed by atoms with van der Waals surface area (Å²) in [5.41, 5.74) is 2.13. The number of benzene rings is 1. The van der Waals surface area contributed by atoms with Crippen molar-refractivity contribution in [3.05, 3.63) is 46.1 Å². The molecule has 11 heteroatoms. The fourth-order valence-electron chi connectivity index (χ4n) is 3.70. The number of aromatic nitrogens is 1. The number of hydrogen-bond acceptors (Lipinski definition) is 8. The number of nitrogens with zero attached hydrogens (tertiary/aromatic N) is 2. The SMILES string of the molecule is CCCOc1ccc(F)c2c(=O)c(C3=CN(C)NC3)cn(COP(=O)(OC(C)(C)C)OC(C)(C)C)c12. The Morgan fingerprint density at radius 2 is 1.75 bits per heavy atom. The normalized spacial score (nSPS) is 15.0. The van der Waals surface area contributed by atoms with E-state index < -0.39 is 30.3 Å². The van der Waals surface area contributed by atoms with Crippen molar-refractivity contribution >= 4 is 24.3 Å². The summed E-state index contributed by atoms with van der Waals surface area (Å²) in [6.45, 7) is 12.8. The molecule has 0 saturated carbocycles. The molecule has 0 fully saturated rings. The molecule has 0 aliphatic carbocycles. The van der Waals surface area contributed by atoms with Crippen LogP contribution in [-0.4, -0.2) is 41.0 Å². The average Bonchev–Trinajstić information content (AvgIpc) is 3.15. The Labute approximate surface area is 211 Å². The minimum Gasteiger partial charge on any atom is -0.491 e. The topological polar surface area (TPSA) is 91.3 Å². The van der Waals surface area contributed by atoms with Crippen LogP contribution in [0.2, 0.25) is 0 Å². The molecular formula is C25H37FN3O6P. The van der Waals surface area contributed by atoms with E-state index >= 15 is 4.39 Å². The van der Waals surface area contributed by atoms with Crippen LogP contribution in [0.5, 0.6) is 5.75 Å². The largest absolute Gasteiger partial charge is 0.491 e. The van der Waals surface area contributed by atoms with Gasteiger partial charge in [-0.25, -0.2) is 14.4 Å². The Balaban J connectivity index is 2.18. The minimum atomic E-state index is -4.08. The maximum atomic E-state index is 15.1. The number of nitrogens with one attached hydrogen (secondary N) is 1. The molecule has 1 aliphatic rings. The number of halogens is 1. The van der Waals surface area contributed by atoms with Crippen molar-refractivity contribution in [3.8, 4) is 5.75 Å². The second-order valence-corrected chi connectivity index (χ2v) is 12.2. The van der Waals surface area contributed by atoms with E-state index in [-0.39, 0.29) is 23.2 Å². The first-order valence-electron chi connectivity index (χ1n) is 11.9. The van der Waals surface area contributed by atoms with Gasteiger partial charge in [0.15, 0.2) is 5.43 Å². The summed E-state index contributed by atoms with van der Waals surface area (Å²) in [5.74, 6) is -0.367. The molecule has 2 heterocycles. The van der Waals surface area contributed by atoms with Gasteiger partial charge in [-0.1, -0.05) is 6.92 Å². The number of hydrogen-bond donors (Lipinski definition) is 1. The van der Waals surface area contributed by atoms with Gasteiger partial charge in [0, 0.05) is 31.6 Å². The van der Waals surface area contributed by atoms with Crippen LogP contribution in [0.15, 0.2) is 29.3 Å². The molecule has 1 aromatic carbocycles. The van der Waals surface area contributed by atoms with E-state index in [0.29, 0.717) is 24.5 Å². The summed E-state index contributed by atoms with van der Waals surface area (Å²) >= 11 is 0. The quantitative estimate of drug-likeness (QED) is 0.433. The van der Waals surface area contributed by atoms with Crippen molar-refractivity contribution in [3.63, 3.8) is 0 Å². The molecule has 1 aromatic heterocycles. The summed E-state index contributed by atoms with van der Waals surface area (Å²) in [5, 5.41) is 1.59.